The molecule has 0 saturated heterocycles. The number of aryl methyl sites for hydroxylation is 1. The molecule has 1 aromatic rings. The van der Waals surface area contributed by atoms with E-state index in [9.17, 15) is 4.79 Å². The largest absolute Gasteiger partial charge is 0.338 e. The molecule has 4 nitrogen and oxygen atoms in total. The van der Waals surface area contributed by atoms with Gasteiger partial charge in [0.2, 0.25) is 0 Å². The van der Waals surface area contributed by atoms with Crippen molar-refractivity contribution in [3.63, 3.8) is 0 Å². The Morgan fingerprint density at radius 1 is 1.45 bits per heavy atom. The smallest absolute Gasteiger partial charge is 0.317 e. The van der Waals surface area contributed by atoms with Crippen molar-refractivity contribution in [1.82, 2.24) is 15.2 Å². The Morgan fingerprint density at radius 2 is 2.20 bits per heavy atom. The zero-order valence-corrected chi connectivity index (χ0v) is 13.3. The zero-order valence-electron chi connectivity index (χ0n) is 12.5. The van der Waals surface area contributed by atoms with Crippen molar-refractivity contribution in [1.29, 1.82) is 0 Å². The van der Waals surface area contributed by atoms with E-state index in [1.165, 1.54) is 19.3 Å². The third-order valence-corrected chi connectivity index (χ3v) is 4.76. The quantitative estimate of drug-likeness (QED) is 0.905. The molecule has 112 valence electrons. The molecule has 2 amide bonds. The van der Waals surface area contributed by atoms with Gasteiger partial charge < -0.3 is 10.2 Å². The van der Waals surface area contributed by atoms with Crippen molar-refractivity contribution in [2.45, 2.75) is 58.4 Å². The molecule has 1 aliphatic carbocycles. The van der Waals surface area contributed by atoms with E-state index in [0.29, 0.717) is 12.6 Å². The summed E-state index contributed by atoms with van der Waals surface area (Å²) < 4.78 is 0. The predicted molar refractivity (Wildman–Crippen MR) is 83.2 cm³/mol. The van der Waals surface area contributed by atoms with Crippen LogP contribution in [0, 0.1) is 6.92 Å². The van der Waals surface area contributed by atoms with Gasteiger partial charge in [0.15, 0.2) is 0 Å². The Kier molecular flexibility index (Phi) is 5.83. The Bertz CT molecular complexity index is 427. The Morgan fingerprint density at radius 3 is 2.80 bits per heavy atom. The minimum absolute atomic E-state index is 0.0892. The maximum Gasteiger partial charge on any atom is 0.317 e. The van der Waals surface area contributed by atoms with Crippen LogP contribution in [-0.4, -0.2) is 35.0 Å². The molecule has 20 heavy (non-hydrogen) atoms. The number of hydrogen-bond acceptors (Lipinski definition) is 3. The Balaban J connectivity index is 1.77. The fraction of sp³-hybridized carbons (Fsp3) is 0.733. The van der Waals surface area contributed by atoms with Crippen LogP contribution in [0.1, 0.15) is 49.7 Å². The number of thiazole rings is 1. The van der Waals surface area contributed by atoms with Crippen LogP contribution in [0.25, 0.3) is 0 Å². The summed E-state index contributed by atoms with van der Waals surface area (Å²) >= 11 is 1.66. The molecule has 1 aliphatic rings. The summed E-state index contributed by atoms with van der Waals surface area (Å²) in [5.74, 6) is 0. The number of amides is 2. The second-order valence-electron chi connectivity index (χ2n) is 5.42. The van der Waals surface area contributed by atoms with Crippen molar-refractivity contribution in [3.8, 4) is 0 Å². The molecule has 5 heteroatoms. The molecule has 1 aromatic heterocycles. The molecular formula is C15H25N3OS. The van der Waals surface area contributed by atoms with Gasteiger partial charge in [-0.15, -0.1) is 11.3 Å². The Hall–Kier alpha value is -1.10. The van der Waals surface area contributed by atoms with Gasteiger partial charge >= 0.3 is 6.03 Å². The van der Waals surface area contributed by atoms with Crippen LogP contribution in [0.5, 0.6) is 0 Å². The normalized spacial score (nSPS) is 16.1. The first-order valence-electron chi connectivity index (χ1n) is 7.66. The maximum absolute atomic E-state index is 12.3. The highest BCUT2D eigenvalue weighted by molar-refractivity contribution is 7.09. The first-order valence-corrected chi connectivity index (χ1v) is 8.54. The number of carbonyl (C=O) groups is 1. The number of aromatic nitrogens is 1. The summed E-state index contributed by atoms with van der Waals surface area (Å²) in [6, 6.07) is 0.529. The van der Waals surface area contributed by atoms with Crippen LogP contribution in [0.15, 0.2) is 5.38 Å². The number of carbonyl (C=O) groups excluding carboxylic acids is 1. The molecule has 0 unspecified atom stereocenters. The second kappa shape index (κ2) is 7.62. The van der Waals surface area contributed by atoms with E-state index in [2.05, 4.69) is 22.6 Å². The van der Waals surface area contributed by atoms with Crippen LogP contribution >= 0.6 is 11.3 Å². The van der Waals surface area contributed by atoms with Crippen molar-refractivity contribution < 1.29 is 4.79 Å². The number of nitrogens with zero attached hydrogens (tertiary/aromatic N) is 2. The fourth-order valence-corrected chi connectivity index (χ4v) is 3.53. The summed E-state index contributed by atoms with van der Waals surface area (Å²) in [4.78, 5) is 18.7. The predicted octanol–water partition coefficient (Wildman–Crippen LogP) is 3.36. The van der Waals surface area contributed by atoms with E-state index in [-0.39, 0.29) is 6.03 Å². The summed E-state index contributed by atoms with van der Waals surface area (Å²) in [6.07, 6.45) is 6.97. The summed E-state index contributed by atoms with van der Waals surface area (Å²) in [5.41, 5.74) is 1.08. The highest BCUT2D eigenvalue weighted by Crippen LogP contribution is 2.22. The van der Waals surface area contributed by atoms with Gasteiger partial charge in [0, 0.05) is 30.9 Å². The van der Waals surface area contributed by atoms with Gasteiger partial charge in [0.25, 0.3) is 0 Å². The van der Waals surface area contributed by atoms with E-state index in [4.69, 9.17) is 0 Å². The molecule has 0 spiro atoms. The summed E-state index contributed by atoms with van der Waals surface area (Å²) in [7, 11) is 0. The van der Waals surface area contributed by atoms with Gasteiger partial charge in [-0.3, -0.25) is 0 Å². The third-order valence-electron chi connectivity index (χ3n) is 3.94. The molecule has 0 aromatic carbocycles. The zero-order chi connectivity index (χ0) is 14.4. The van der Waals surface area contributed by atoms with E-state index in [1.54, 1.807) is 11.3 Å². The van der Waals surface area contributed by atoms with Gasteiger partial charge in [-0.2, -0.15) is 0 Å². The monoisotopic (exact) mass is 295 g/mol. The van der Waals surface area contributed by atoms with Crippen molar-refractivity contribution in [3.05, 3.63) is 16.1 Å². The van der Waals surface area contributed by atoms with Crippen LogP contribution in [0.4, 0.5) is 4.79 Å². The fourth-order valence-electron chi connectivity index (χ4n) is 2.88. The highest BCUT2D eigenvalue weighted by atomic mass is 32.1. The number of urea groups is 1. The molecule has 0 atom stereocenters. The average molecular weight is 295 g/mol. The first kappa shape index (κ1) is 15.3. The van der Waals surface area contributed by atoms with Crippen molar-refractivity contribution >= 4 is 17.4 Å². The molecular weight excluding hydrogens is 270 g/mol. The maximum atomic E-state index is 12.3. The SMILES string of the molecule is CCN(C(=O)NCCc1csc(C)n1)C1CCCCC1. The number of hydrogen-bond donors (Lipinski definition) is 1. The van der Waals surface area contributed by atoms with Crippen LogP contribution in [0.2, 0.25) is 0 Å². The lowest BCUT2D eigenvalue weighted by Gasteiger charge is -2.33. The molecule has 2 rings (SSSR count). The molecule has 1 heterocycles. The van der Waals surface area contributed by atoms with E-state index < -0.39 is 0 Å². The lowest BCUT2D eigenvalue weighted by Crippen LogP contribution is -2.47. The molecule has 0 bridgehead atoms. The van der Waals surface area contributed by atoms with Crippen LogP contribution < -0.4 is 5.32 Å². The van der Waals surface area contributed by atoms with Gasteiger partial charge in [-0.05, 0) is 26.7 Å². The van der Waals surface area contributed by atoms with Gasteiger partial charge in [-0.25, -0.2) is 9.78 Å². The van der Waals surface area contributed by atoms with Crippen LogP contribution in [0.3, 0.4) is 0 Å². The average Bonchev–Trinajstić information content (AvgIpc) is 2.86. The standard InChI is InChI=1S/C15H25N3OS/c1-3-18(14-7-5-4-6-8-14)15(19)16-10-9-13-11-20-12(2)17-13/h11,14H,3-10H2,1-2H3,(H,16,19). The van der Waals surface area contributed by atoms with E-state index in [1.807, 2.05) is 11.8 Å². The minimum Gasteiger partial charge on any atom is -0.338 e. The second-order valence-corrected chi connectivity index (χ2v) is 6.48. The van der Waals surface area contributed by atoms with Gasteiger partial charge in [0.05, 0.1) is 10.7 Å². The van der Waals surface area contributed by atoms with Crippen LogP contribution in [-0.2, 0) is 6.42 Å². The van der Waals surface area contributed by atoms with Crippen molar-refractivity contribution in [2.75, 3.05) is 13.1 Å². The van der Waals surface area contributed by atoms with E-state index >= 15 is 0 Å². The lowest BCUT2D eigenvalue weighted by molar-refractivity contribution is 0.160. The molecule has 0 aliphatic heterocycles. The molecule has 0 radical (unpaired) electrons. The van der Waals surface area contributed by atoms with Gasteiger partial charge in [-0.1, -0.05) is 19.3 Å². The number of rotatable bonds is 5. The molecule has 1 saturated carbocycles. The molecule has 1 N–H and O–H groups in total. The summed E-state index contributed by atoms with van der Waals surface area (Å²) in [6.45, 7) is 5.55. The Labute approximate surface area is 125 Å². The summed E-state index contributed by atoms with van der Waals surface area (Å²) in [5, 5.41) is 6.20. The lowest BCUT2D eigenvalue weighted by atomic mass is 9.94. The minimum atomic E-state index is 0.0892. The van der Waals surface area contributed by atoms with Gasteiger partial charge in [0.1, 0.15) is 0 Å². The molecule has 1 fully saturated rings. The third kappa shape index (κ3) is 4.20. The topological polar surface area (TPSA) is 45.2 Å². The first-order chi connectivity index (χ1) is 9.70. The van der Waals surface area contributed by atoms with E-state index in [0.717, 1.165) is 36.5 Å². The number of nitrogens with one attached hydrogen (secondary N) is 1. The van der Waals surface area contributed by atoms with Crippen molar-refractivity contribution in [2.24, 2.45) is 0 Å². The highest BCUT2D eigenvalue weighted by Gasteiger charge is 2.23.